The van der Waals surface area contributed by atoms with Gasteiger partial charge in [-0.1, -0.05) is 13.0 Å². The molecular weight excluding hydrogens is 368 g/mol. The first-order chi connectivity index (χ1) is 14.1. The molecule has 2 saturated heterocycles. The number of hydrogen-bond acceptors (Lipinski definition) is 5. The van der Waals surface area contributed by atoms with E-state index in [1.807, 2.05) is 28.0 Å². The molecular formula is C22H34N4O3. The van der Waals surface area contributed by atoms with E-state index in [0.717, 1.165) is 45.7 Å². The fourth-order valence-corrected chi connectivity index (χ4v) is 4.29. The summed E-state index contributed by atoms with van der Waals surface area (Å²) in [5.74, 6) is 0.775. The zero-order chi connectivity index (χ0) is 20.6. The van der Waals surface area contributed by atoms with Gasteiger partial charge in [0.1, 0.15) is 5.75 Å². The molecule has 0 spiro atoms. The van der Waals surface area contributed by atoms with Crippen molar-refractivity contribution in [3.8, 4) is 5.75 Å². The van der Waals surface area contributed by atoms with Crippen LogP contribution < -0.4 is 10.1 Å². The van der Waals surface area contributed by atoms with Gasteiger partial charge in [-0.25, -0.2) is 0 Å². The van der Waals surface area contributed by atoms with Crippen LogP contribution in [0.1, 0.15) is 36.5 Å². The smallest absolute Gasteiger partial charge is 0.254 e. The molecule has 1 N–H and O–H groups in total. The molecule has 1 unspecified atom stereocenters. The monoisotopic (exact) mass is 402 g/mol. The summed E-state index contributed by atoms with van der Waals surface area (Å²) in [6.45, 7) is 8.53. The summed E-state index contributed by atoms with van der Waals surface area (Å²) in [6, 6.07) is 7.64. The van der Waals surface area contributed by atoms with Crippen LogP contribution in [-0.4, -0.2) is 92.0 Å². The van der Waals surface area contributed by atoms with Crippen LogP contribution in [0.25, 0.3) is 0 Å². The summed E-state index contributed by atoms with van der Waals surface area (Å²) in [7, 11) is 1.60. The van der Waals surface area contributed by atoms with E-state index in [1.54, 1.807) is 13.2 Å². The highest BCUT2D eigenvalue weighted by Gasteiger charge is 2.28. The second-order valence-electron chi connectivity index (χ2n) is 7.79. The number of nitrogens with zero attached hydrogens (tertiary/aromatic N) is 3. The molecule has 0 aliphatic carbocycles. The van der Waals surface area contributed by atoms with Crippen LogP contribution in [0.15, 0.2) is 24.3 Å². The lowest BCUT2D eigenvalue weighted by Gasteiger charge is -2.32. The first kappa shape index (κ1) is 21.6. The van der Waals surface area contributed by atoms with Gasteiger partial charge in [-0.2, -0.15) is 0 Å². The van der Waals surface area contributed by atoms with Gasteiger partial charge in [-0.3, -0.25) is 14.5 Å². The highest BCUT2D eigenvalue weighted by atomic mass is 16.5. The van der Waals surface area contributed by atoms with E-state index in [9.17, 15) is 9.59 Å². The van der Waals surface area contributed by atoms with Crippen LogP contribution in [0.5, 0.6) is 5.75 Å². The number of nitrogens with one attached hydrogen (secondary N) is 1. The van der Waals surface area contributed by atoms with Gasteiger partial charge in [-0.15, -0.1) is 0 Å². The Labute approximate surface area is 174 Å². The topological polar surface area (TPSA) is 65.1 Å². The summed E-state index contributed by atoms with van der Waals surface area (Å²) >= 11 is 0. The third kappa shape index (κ3) is 5.70. The van der Waals surface area contributed by atoms with Crippen molar-refractivity contribution in [2.45, 2.75) is 32.2 Å². The summed E-state index contributed by atoms with van der Waals surface area (Å²) in [4.78, 5) is 32.2. The van der Waals surface area contributed by atoms with E-state index < -0.39 is 0 Å². The molecule has 2 aliphatic rings. The molecule has 0 radical (unpaired) electrons. The second kappa shape index (κ2) is 10.6. The number of carbonyl (C=O) groups is 2. The van der Waals surface area contributed by atoms with Crippen molar-refractivity contribution < 1.29 is 14.3 Å². The molecule has 2 amide bonds. The number of ether oxygens (including phenoxy) is 1. The van der Waals surface area contributed by atoms with Crippen molar-refractivity contribution in [2.75, 3.05) is 59.5 Å². The Morgan fingerprint density at radius 3 is 2.76 bits per heavy atom. The van der Waals surface area contributed by atoms with E-state index in [0.29, 0.717) is 36.9 Å². The number of likely N-dealkylation sites (tertiary alicyclic amines) is 1. The van der Waals surface area contributed by atoms with Gasteiger partial charge in [0, 0.05) is 57.3 Å². The van der Waals surface area contributed by atoms with Crippen LogP contribution in [0, 0.1) is 0 Å². The fraction of sp³-hybridized carbons (Fsp3) is 0.636. The van der Waals surface area contributed by atoms with Crippen molar-refractivity contribution in [2.24, 2.45) is 0 Å². The largest absolute Gasteiger partial charge is 0.497 e. The van der Waals surface area contributed by atoms with Gasteiger partial charge < -0.3 is 19.9 Å². The zero-order valence-electron chi connectivity index (χ0n) is 17.7. The Morgan fingerprint density at radius 2 is 2.03 bits per heavy atom. The third-order valence-corrected chi connectivity index (χ3v) is 6.01. The predicted octanol–water partition coefficient (Wildman–Crippen LogP) is 1.44. The van der Waals surface area contributed by atoms with Crippen LogP contribution in [0.3, 0.4) is 0 Å². The lowest BCUT2D eigenvalue weighted by atomic mass is 10.1. The van der Waals surface area contributed by atoms with Gasteiger partial charge in [0.25, 0.3) is 5.91 Å². The van der Waals surface area contributed by atoms with Crippen LogP contribution >= 0.6 is 0 Å². The number of likely N-dealkylation sites (N-methyl/N-ethyl adjacent to an activating group) is 1. The number of amides is 2. The lowest BCUT2D eigenvalue weighted by molar-refractivity contribution is -0.132. The minimum Gasteiger partial charge on any atom is -0.497 e. The molecule has 0 aromatic heterocycles. The van der Waals surface area contributed by atoms with E-state index in [1.165, 1.54) is 6.42 Å². The van der Waals surface area contributed by atoms with Crippen molar-refractivity contribution in [1.29, 1.82) is 0 Å². The quantitative estimate of drug-likeness (QED) is 0.713. The average molecular weight is 403 g/mol. The summed E-state index contributed by atoms with van der Waals surface area (Å²) in [5, 5.41) is 3.27. The fourth-order valence-electron chi connectivity index (χ4n) is 4.29. The molecule has 160 valence electrons. The SMILES string of the molecule is CCN1CCCC1CN(CCC(=O)N1CCNCC1)C(=O)c1cccc(OC)c1. The number of methoxy groups -OCH3 is 1. The highest BCUT2D eigenvalue weighted by molar-refractivity contribution is 5.95. The summed E-state index contributed by atoms with van der Waals surface area (Å²) in [6.07, 6.45) is 2.63. The standard InChI is InChI=1S/C22H34N4O3/c1-3-24-12-5-7-19(24)17-26(13-9-21(27)25-14-10-23-11-15-25)22(28)18-6-4-8-20(16-18)29-2/h4,6,8,16,19,23H,3,5,7,9-15,17H2,1-2H3. The number of hydrogen-bond donors (Lipinski definition) is 1. The molecule has 0 saturated carbocycles. The maximum atomic E-state index is 13.3. The van der Waals surface area contributed by atoms with Crippen LogP contribution in [0.4, 0.5) is 0 Å². The van der Waals surface area contributed by atoms with Gasteiger partial charge in [0.15, 0.2) is 0 Å². The van der Waals surface area contributed by atoms with Gasteiger partial charge in [-0.05, 0) is 44.1 Å². The number of piperazine rings is 1. The second-order valence-corrected chi connectivity index (χ2v) is 7.79. The molecule has 2 heterocycles. The minimum atomic E-state index is -0.0278. The minimum absolute atomic E-state index is 0.0278. The number of carbonyl (C=O) groups excluding carboxylic acids is 2. The maximum Gasteiger partial charge on any atom is 0.254 e. The Hall–Kier alpha value is -2.12. The Morgan fingerprint density at radius 1 is 1.24 bits per heavy atom. The van der Waals surface area contributed by atoms with Crippen molar-refractivity contribution in [1.82, 2.24) is 20.0 Å². The molecule has 29 heavy (non-hydrogen) atoms. The van der Waals surface area contributed by atoms with E-state index >= 15 is 0 Å². The molecule has 1 atom stereocenters. The van der Waals surface area contributed by atoms with E-state index in [-0.39, 0.29) is 11.8 Å². The van der Waals surface area contributed by atoms with Crippen molar-refractivity contribution in [3.63, 3.8) is 0 Å². The van der Waals surface area contributed by atoms with Crippen LogP contribution in [0.2, 0.25) is 0 Å². The summed E-state index contributed by atoms with van der Waals surface area (Å²) < 4.78 is 5.28. The van der Waals surface area contributed by atoms with Crippen LogP contribution in [-0.2, 0) is 4.79 Å². The molecule has 1 aromatic carbocycles. The Bertz CT molecular complexity index is 690. The predicted molar refractivity (Wildman–Crippen MR) is 113 cm³/mol. The first-order valence-electron chi connectivity index (χ1n) is 10.8. The van der Waals surface area contributed by atoms with E-state index in [2.05, 4.69) is 17.1 Å². The Kier molecular flexibility index (Phi) is 7.89. The molecule has 3 rings (SSSR count). The number of rotatable bonds is 8. The van der Waals surface area contributed by atoms with Crippen molar-refractivity contribution >= 4 is 11.8 Å². The molecule has 0 bridgehead atoms. The third-order valence-electron chi connectivity index (χ3n) is 6.01. The highest BCUT2D eigenvalue weighted by Crippen LogP contribution is 2.20. The summed E-state index contributed by atoms with van der Waals surface area (Å²) in [5.41, 5.74) is 0.611. The number of benzene rings is 1. The molecule has 2 aliphatic heterocycles. The maximum absolute atomic E-state index is 13.3. The van der Waals surface area contributed by atoms with E-state index in [4.69, 9.17) is 4.74 Å². The van der Waals surface area contributed by atoms with Gasteiger partial charge in [0.2, 0.25) is 5.91 Å². The molecule has 7 nitrogen and oxygen atoms in total. The molecule has 7 heteroatoms. The normalized spacial score (nSPS) is 19.9. The van der Waals surface area contributed by atoms with Gasteiger partial charge in [0.05, 0.1) is 7.11 Å². The van der Waals surface area contributed by atoms with Crippen molar-refractivity contribution in [3.05, 3.63) is 29.8 Å². The van der Waals surface area contributed by atoms with Gasteiger partial charge >= 0.3 is 0 Å². The lowest BCUT2D eigenvalue weighted by Crippen LogP contribution is -2.48. The Balaban J connectivity index is 1.69. The zero-order valence-corrected chi connectivity index (χ0v) is 17.7. The molecule has 2 fully saturated rings. The molecule has 1 aromatic rings. The average Bonchev–Trinajstić information content (AvgIpc) is 3.23. The first-order valence-corrected chi connectivity index (χ1v) is 10.8.